The fourth-order valence-corrected chi connectivity index (χ4v) is 1.06. The molecule has 0 rings (SSSR count). The largest absolute Gasteiger partial charge is 0.481 e. The standard InChI is InChI=1S/C12H19NO3/c1-3-4-5-6-11(14)13-9-10(2)7-8-12(15)16/h3-6,10H,7-9H2,1-2H3,(H,13,14)(H,15,16). The summed E-state index contributed by atoms with van der Waals surface area (Å²) in [4.78, 5) is 21.5. The Kier molecular flexibility index (Phi) is 7.85. The molecule has 0 aromatic heterocycles. The number of carboxylic acid groups (broad SMARTS) is 1. The van der Waals surface area contributed by atoms with Gasteiger partial charge in [0.25, 0.3) is 0 Å². The zero-order chi connectivity index (χ0) is 12.4. The lowest BCUT2D eigenvalue weighted by molar-refractivity contribution is -0.137. The summed E-state index contributed by atoms with van der Waals surface area (Å²) in [6, 6.07) is 0. The van der Waals surface area contributed by atoms with E-state index in [0.717, 1.165) is 0 Å². The molecule has 1 unspecified atom stereocenters. The molecule has 0 aliphatic heterocycles. The molecule has 90 valence electrons. The van der Waals surface area contributed by atoms with Gasteiger partial charge in [0.2, 0.25) is 5.91 Å². The summed E-state index contributed by atoms with van der Waals surface area (Å²) >= 11 is 0. The first-order valence-electron chi connectivity index (χ1n) is 5.35. The molecule has 2 N–H and O–H groups in total. The van der Waals surface area contributed by atoms with Crippen LogP contribution in [0.1, 0.15) is 26.7 Å². The topological polar surface area (TPSA) is 66.4 Å². The van der Waals surface area contributed by atoms with E-state index < -0.39 is 5.97 Å². The summed E-state index contributed by atoms with van der Waals surface area (Å²) in [5.41, 5.74) is 0. The number of rotatable bonds is 7. The van der Waals surface area contributed by atoms with Crippen LogP contribution in [0.2, 0.25) is 0 Å². The predicted octanol–water partition coefficient (Wildman–Crippen LogP) is 1.74. The Balaban J connectivity index is 3.70. The molecule has 0 radical (unpaired) electrons. The normalized spacial score (nSPS) is 13.1. The molecule has 4 heteroatoms. The van der Waals surface area contributed by atoms with Crippen LogP contribution in [0.3, 0.4) is 0 Å². The van der Waals surface area contributed by atoms with Crippen molar-refractivity contribution in [2.24, 2.45) is 5.92 Å². The summed E-state index contributed by atoms with van der Waals surface area (Å²) in [6.07, 6.45) is 7.44. The van der Waals surface area contributed by atoms with Crippen LogP contribution in [0.5, 0.6) is 0 Å². The maximum atomic E-state index is 11.2. The molecule has 0 aliphatic carbocycles. The monoisotopic (exact) mass is 225 g/mol. The van der Waals surface area contributed by atoms with Crippen LogP contribution >= 0.6 is 0 Å². The molecule has 0 saturated carbocycles. The highest BCUT2D eigenvalue weighted by atomic mass is 16.4. The quantitative estimate of drug-likeness (QED) is 0.512. The van der Waals surface area contributed by atoms with Crippen molar-refractivity contribution in [3.8, 4) is 0 Å². The van der Waals surface area contributed by atoms with Gasteiger partial charge in [0.05, 0.1) is 0 Å². The molecule has 0 aliphatic rings. The molecule has 1 atom stereocenters. The van der Waals surface area contributed by atoms with Gasteiger partial charge in [0, 0.05) is 19.0 Å². The number of carboxylic acids is 1. The van der Waals surface area contributed by atoms with Crippen molar-refractivity contribution in [2.45, 2.75) is 26.7 Å². The minimum Gasteiger partial charge on any atom is -0.481 e. The summed E-state index contributed by atoms with van der Waals surface area (Å²) in [7, 11) is 0. The van der Waals surface area contributed by atoms with Crippen molar-refractivity contribution in [1.82, 2.24) is 5.32 Å². The van der Waals surface area contributed by atoms with Gasteiger partial charge in [-0.15, -0.1) is 0 Å². The number of carbonyl (C=O) groups is 2. The van der Waals surface area contributed by atoms with E-state index in [9.17, 15) is 9.59 Å². The van der Waals surface area contributed by atoms with Crippen LogP contribution in [0.25, 0.3) is 0 Å². The first kappa shape index (κ1) is 14.4. The second-order valence-corrected chi connectivity index (χ2v) is 3.67. The Labute approximate surface area is 96.0 Å². The molecule has 4 nitrogen and oxygen atoms in total. The third-order valence-electron chi connectivity index (χ3n) is 2.03. The average Bonchev–Trinajstić information content (AvgIpc) is 2.24. The maximum absolute atomic E-state index is 11.2. The van der Waals surface area contributed by atoms with E-state index in [0.29, 0.717) is 13.0 Å². The molecular weight excluding hydrogens is 206 g/mol. The molecule has 0 heterocycles. The van der Waals surface area contributed by atoms with Crippen molar-refractivity contribution in [2.75, 3.05) is 6.54 Å². The molecular formula is C12H19NO3. The molecule has 0 saturated heterocycles. The minimum absolute atomic E-state index is 0.144. The van der Waals surface area contributed by atoms with Crippen molar-refractivity contribution < 1.29 is 14.7 Å². The van der Waals surface area contributed by atoms with E-state index in [1.807, 2.05) is 19.9 Å². The highest BCUT2D eigenvalue weighted by molar-refractivity contribution is 5.87. The van der Waals surface area contributed by atoms with Gasteiger partial charge in [-0.1, -0.05) is 25.2 Å². The van der Waals surface area contributed by atoms with Crippen molar-refractivity contribution in [3.05, 3.63) is 24.3 Å². The smallest absolute Gasteiger partial charge is 0.303 e. The van der Waals surface area contributed by atoms with Crippen LogP contribution in [-0.2, 0) is 9.59 Å². The third kappa shape index (κ3) is 8.99. The summed E-state index contributed by atoms with van der Waals surface area (Å²) in [6.45, 7) is 4.29. The Bertz CT molecular complexity index is 282. The van der Waals surface area contributed by atoms with E-state index in [1.54, 1.807) is 12.2 Å². The SMILES string of the molecule is CC=CC=CC(=O)NCC(C)CCC(=O)O. The highest BCUT2D eigenvalue weighted by Gasteiger charge is 2.05. The first-order chi connectivity index (χ1) is 7.56. The number of nitrogens with one attached hydrogen (secondary N) is 1. The van der Waals surface area contributed by atoms with Crippen molar-refractivity contribution >= 4 is 11.9 Å². The molecule has 0 aromatic carbocycles. The first-order valence-corrected chi connectivity index (χ1v) is 5.35. The van der Waals surface area contributed by atoms with Gasteiger partial charge in [0.15, 0.2) is 0 Å². The van der Waals surface area contributed by atoms with E-state index in [2.05, 4.69) is 5.32 Å². The molecule has 1 amide bonds. The van der Waals surface area contributed by atoms with Gasteiger partial charge in [0.1, 0.15) is 0 Å². The number of carbonyl (C=O) groups excluding carboxylic acids is 1. The van der Waals surface area contributed by atoms with Crippen LogP contribution in [0.15, 0.2) is 24.3 Å². The Morgan fingerprint density at radius 1 is 1.38 bits per heavy atom. The van der Waals surface area contributed by atoms with Crippen LogP contribution in [0.4, 0.5) is 0 Å². The number of allylic oxidation sites excluding steroid dienone is 3. The van der Waals surface area contributed by atoms with Gasteiger partial charge < -0.3 is 10.4 Å². The lowest BCUT2D eigenvalue weighted by Gasteiger charge is -2.09. The van der Waals surface area contributed by atoms with E-state index in [-0.39, 0.29) is 18.2 Å². The Morgan fingerprint density at radius 3 is 2.62 bits per heavy atom. The summed E-state index contributed by atoms with van der Waals surface area (Å²) in [5, 5.41) is 11.2. The zero-order valence-corrected chi connectivity index (χ0v) is 9.77. The van der Waals surface area contributed by atoms with Crippen LogP contribution < -0.4 is 5.32 Å². The predicted molar refractivity (Wildman–Crippen MR) is 63.0 cm³/mol. The Hall–Kier alpha value is -1.58. The van der Waals surface area contributed by atoms with Crippen LogP contribution in [0, 0.1) is 5.92 Å². The van der Waals surface area contributed by atoms with E-state index >= 15 is 0 Å². The van der Waals surface area contributed by atoms with Gasteiger partial charge in [-0.2, -0.15) is 0 Å². The molecule has 0 aromatic rings. The lowest BCUT2D eigenvalue weighted by Crippen LogP contribution is -2.26. The van der Waals surface area contributed by atoms with Gasteiger partial charge in [-0.3, -0.25) is 9.59 Å². The average molecular weight is 225 g/mol. The second-order valence-electron chi connectivity index (χ2n) is 3.67. The fourth-order valence-electron chi connectivity index (χ4n) is 1.06. The minimum atomic E-state index is -0.800. The molecule has 0 spiro atoms. The van der Waals surface area contributed by atoms with E-state index in [1.165, 1.54) is 6.08 Å². The maximum Gasteiger partial charge on any atom is 0.303 e. The Morgan fingerprint density at radius 2 is 2.06 bits per heavy atom. The van der Waals surface area contributed by atoms with Gasteiger partial charge in [-0.25, -0.2) is 0 Å². The van der Waals surface area contributed by atoms with Crippen molar-refractivity contribution in [3.63, 3.8) is 0 Å². The summed E-state index contributed by atoms with van der Waals surface area (Å²) < 4.78 is 0. The molecule has 0 bridgehead atoms. The van der Waals surface area contributed by atoms with Crippen molar-refractivity contribution in [1.29, 1.82) is 0 Å². The van der Waals surface area contributed by atoms with Crippen LogP contribution in [-0.4, -0.2) is 23.5 Å². The van der Waals surface area contributed by atoms with Gasteiger partial charge in [-0.05, 0) is 19.3 Å². The molecule has 0 fully saturated rings. The van der Waals surface area contributed by atoms with E-state index in [4.69, 9.17) is 5.11 Å². The number of aliphatic carboxylic acids is 1. The number of hydrogen-bond donors (Lipinski definition) is 2. The fraction of sp³-hybridized carbons (Fsp3) is 0.500. The molecule has 16 heavy (non-hydrogen) atoms. The van der Waals surface area contributed by atoms with Gasteiger partial charge >= 0.3 is 5.97 Å². The summed E-state index contributed by atoms with van der Waals surface area (Å²) in [5.74, 6) is -0.776. The second kappa shape index (κ2) is 8.71. The number of hydrogen-bond acceptors (Lipinski definition) is 2. The number of amides is 1. The highest BCUT2D eigenvalue weighted by Crippen LogP contribution is 2.03. The zero-order valence-electron chi connectivity index (χ0n) is 9.77. The lowest BCUT2D eigenvalue weighted by atomic mass is 10.1. The third-order valence-corrected chi connectivity index (χ3v) is 2.03.